The van der Waals surface area contributed by atoms with Gasteiger partial charge in [0, 0.05) is 24.2 Å². The van der Waals surface area contributed by atoms with Crippen LogP contribution in [0.3, 0.4) is 0 Å². The topological polar surface area (TPSA) is 30.5 Å². The highest BCUT2D eigenvalue weighted by Crippen LogP contribution is 2.34. The fraction of sp³-hybridized carbons (Fsp3) is 0.294. The van der Waals surface area contributed by atoms with E-state index in [2.05, 4.69) is 5.32 Å². The molecule has 8 heteroatoms. The number of hydrogen-bond acceptors (Lipinski definition) is 3. The summed E-state index contributed by atoms with van der Waals surface area (Å²) in [5.74, 6) is -0.546. The summed E-state index contributed by atoms with van der Waals surface area (Å²) in [5.41, 5.74) is -1.12. The molecule has 1 aliphatic rings. The SMILES string of the molecule is Fc1ccc(COc2ccc(Cl)cc2OC2CNC2)cc1C(F)(F)F. The molecule has 0 bridgehead atoms. The van der Waals surface area contributed by atoms with E-state index in [1.807, 2.05) is 0 Å². The molecule has 0 radical (unpaired) electrons. The van der Waals surface area contributed by atoms with Gasteiger partial charge in [0.05, 0.1) is 5.56 Å². The summed E-state index contributed by atoms with van der Waals surface area (Å²) in [6.07, 6.45) is -4.77. The Labute approximate surface area is 146 Å². The van der Waals surface area contributed by atoms with Crippen molar-refractivity contribution < 1.29 is 27.0 Å². The van der Waals surface area contributed by atoms with Gasteiger partial charge in [0.15, 0.2) is 11.5 Å². The maximum atomic E-state index is 13.3. The van der Waals surface area contributed by atoms with Crippen LogP contribution in [-0.2, 0) is 12.8 Å². The van der Waals surface area contributed by atoms with Gasteiger partial charge in [0.1, 0.15) is 18.5 Å². The minimum atomic E-state index is -4.76. The number of ether oxygens (including phenoxy) is 2. The van der Waals surface area contributed by atoms with E-state index in [-0.39, 0.29) is 18.3 Å². The van der Waals surface area contributed by atoms with Crippen molar-refractivity contribution in [2.75, 3.05) is 13.1 Å². The van der Waals surface area contributed by atoms with Crippen LogP contribution in [-0.4, -0.2) is 19.2 Å². The van der Waals surface area contributed by atoms with Crippen molar-refractivity contribution in [1.82, 2.24) is 5.32 Å². The van der Waals surface area contributed by atoms with Gasteiger partial charge in [-0.15, -0.1) is 0 Å². The Bertz CT molecular complexity index is 763. The van der Waals surface area contributed by atoms with Crippen molar-refractivity contribution in [2.45, 2.75) is 18.9 Å². The maximum Gasteiger partial charge on any atom is 0.419 e. The molecule has 2 aromatic rings. The lowest BCUT2D eigenvalue weighted by atomic mass is 10.1. The lowest BCUT2D eigenvalue weighted by Crippen LogP contribution is -2.50. The van der Waals surface area contributed by atoms with Gasteiger partial charge in [0.2, 0.25) is 0 Å². The molecule has 1 aliphatic heterocycles. The molecule has 2 aromatic carbocycles. The third kappa shape index (κ3) is 4.35. The van der Waals surface area contributed by atoms with Crippen molar-refractivity contribution in [1.29, 1.82) is 0 Å². The third-order valence-corrected chi connectivity index (χ3v) is 3.91. The quantitative estimate of drug-likeness (QED) is 0.784. The van der Waals surface area contributed by atoms with Crippen LogP contribution in [0.25, 0.3) is 0 Å². The van der Waals surface area contributed by atoms with E-state index in [1.165, 1.54) is 6.07 Å². The van der Waals surface area contributed by atoms with Crippen LogP contribution >= 0.6 is 11.6 Å². The molecule has 25 heavy (non-hydrogen) atoms. The highest BCUT2D eigenvalue weighted by Gasteiger charge is 2.34. The summed E-state index contributed by atoms with van der Waals surface area (Å²) in [4.78, 5) is 0. The van der Waals surface area contributed by atoms with Crippen LogP contribution in [0, 0.1) is 5.82 Å². The second kappa shape index (κ2) is 7.09. The normalized spacial score (nSPS) is 14.9. The zero-order valence-electron chi connectivity index (χ0n) is 12.9. The molecular formula is C17H14ClF4NO2. The molecule has 3 rings (SSSR count). The number of halogens is 5. The third-order valence-electron chi connectivity index (χ3n) is 3.67. The molecule has 1 saturated heterocycles. The average molecular weight is 376 g/mol. The van der Waals surface area contributed by atoms with Crippen LogP contribution < -0.4 is 14.8 Å². The molecule has 1 N–H and O–H groups in total. The fourth-order valence-corrected chi connectivity index (χ4v) is 2.42. The van der Waals surface area contributed by atoms with Crippen LogP contribution in [0.5, 0.6) is 11.5 Å². The van der Waals surface area contributed by atoms with Gasteiger partial charge in [-0.1, -0.05) is 17.7 Å². The summed E-state index contributed by atoms with van der Waals surface area (Å²) in [6.45, 7) is 1.22. The Morgan fingerprint density at radius 2 is 1.84 bits per heavy atom. The van der Waals surface area contributed by atoms with Gasteiger partial charge in [-0.25, -0.2) is 4.39 Å². The smallest absolute Gasteiger partial charge is 0.419 e. The van der Waals surface area contributed by atoms with Crippen LogP contribution in [0.1, 0.15) is 11.1 Å². The molecule has 1 fully saturated rings. The van der Waals surface area contributed by atoms with E-state index in [0.717, 1.165) is 12.1 Å². The van der Waals surface area contributed by atoms with E-state index >= 15 is 0 Å². The lowest BCUT2D eigenvalue weighted by molar-refractivity contribution is -0.140. The Morgan fingerprint density at radius 3 is 2.48 bits per heavy atom. The molecule has 0 saturated carbocycles. The van der Waals surface area contributed by atoms with E-state index in [1.54, 1.807) is 18.2 Å². The molecule has 134 valence electrons. The molecule has 0 aromatic heterocycles. The molecule has 0 aliphatic carbocycles. The molecule has 3 nitrogen and oxygen atoms in total. The first-order valence-electron chi connectivity index (χ1n) is 7.48. The molecule has 0 amide bonds. The maximum absolute atomic E-state index is 13.3. The van der Waals surface area contributed by atoms with Gasteiger partial charge in [0.25, 0.3) is 0 Å². The van der Waals surface area contributed by atoms with Gasteiger partial charge in [-0.05, 0) is 29.8 Å². The molecule has 0 spiro atoms. The largest absolute Gasteiger partial charge is 0.485 e. The summed E-state index contributed by atoms with van der Waals surface area (Å²) < 4.78 is 62.9. The zero-order chi connectivity index (χ0) is 18.0. The number of alkyl halides is 3. The van der Waals surface area contributed by atoms with E-state index < -0.39 is 17.6 Å². The van der Waals surface area contributed by atoms with E-state index in [4.69, 9.17) is 21.1 Å². The molecule has 0 unspecified atom stereocenters. The predicted molar refractivity (Wildman–Crippen MR) is 84.5 cm³/mol. The van der Waals surface area contributed by atoms with Crippen molar-refractivity contribution in [3.05, 3.63) is 58.4 Å². The highest BCUT2D eigenvalue weighted by atomic mass is 35.5. The van der Waals surface area contributed by atoms with Gasteiger partial charge < -0.3 is 14.8 Å². The first kappa shape index (κ1) is 17.8. The summed E-state index contributed by atoms with van der Waals surface area (Å²) in [7, 11) is 0. The predicted octanol–water partition coefficient (Wildman–Crippen LogP) is 4.43. The summed E-state index contributed by atoms with van der Waals surface area (Å²) in [5, 5.41) is 3.51. The molecule has 1 heterocycles. The second-order valence-corrected chi connectivity index (χ2v) is 6.03. The van der Waals surface area contributed by atoms with Crippen molar-refractivity contribution in [2.24, 2.45) is 0 Å². The first-order chi connectivity index (χ1) is 11.8. The Morgan fingerprint density at radius 1 is 1.08 bits per heavy atom. The Hall–Kier alpha value is -1.99. The minimum Gasteiger partial charge on any atom is -0.485 e. The average Bonchev–Trinajstić information content (AvgIpc) is 2.50. The highest BCUT2D eigenvalue weighted by molar-refractivity contribution is 6.30. The lowest BCUT2D eigenvalue weighted by Gasteiger charge is -2.28. The van der Waals surface area contributed by atoms with Crippen molar-refractivity contribution in [3.63, 3.8) is 0 Å². The first-order valence-corrected chi connectivity index (χ1v) is 7.86. The minimum absolute atomic E-state index is 0.0107. The van der Waals surface area contributed by atoms with Gasteiger partial charge >= 0.3 is 6.18 Å². The van der Waals surface area contributed by atoms with Crippen molar-refractivity contribution in [3.8, 4) is 11.5 Å². The summed E-state index contributed by atoms with van der Waals surface area (Å²) in [6, 6.07) is 7.52. The van der Waals surface area contributed by atoms with Crippen LogP contribution in [0.15, 0.2) is 36.4 Å². The summed E-state index contributed by atoms with van der Waals surface area (Å²) >= 11 is 5.95. The second-order valence-electron chi connectivity index (χ2n) is 5.59. The molecule has 0 atom stereocenters. The number of hydrogen-bond donors (Lipinski definition) is 1. The van der Waals surface area contributed by atoms with Crippen LogP contribution in [0.2, 0.25) is 5.02 Å². The number of nitrogens with one attached hydrogen (secondary N) is 1. The number of rotatable bonds is 5. The van der Waals surface area contributed by atoms with Crippen molar-refractivity contribution >= 4 is 11.6 Å². The fourth-order valence-electron chi connectivity index (χ4n) is 2.26. The molecular weight excluding hydrogens is 362 g/mol. The van der Waals surface area contributed by atoms with Gasteiger partial charge in [-0.3, -0.25) is 0 Å². The van der Waals surface area contributed by atoms with E-state index in [9.17, 15) is 17.6 Å². The standard InChI is InChI=1S/C17H14ClF4NO2/c18-11-2-4-15(16(6-11)25-12-7-23-8-12)24-9-10-1-3-14(19)13(5-10)17(20,21)22/h1-6,12,23H,7-9H2. The monoisotopic (exact) mass is 375 g/mol. The van der Waals surface area contributed by atoms with Gasteiger partial charge in [-0.2, -0.15) is 13.2 Å². The van der Waals surface area contributed by atoms with Crippen LogP contribution in [0.4, 0.5) is 17.6 Å². The Balaban J connectivity index is 1.75. The van der Waals surface area contributed by atoms with E-state index in [0.29, 0.717) is 29.6 Å². The Kier molecular flexibility index (Phi) is 5.06. The zero-order valence-corrected chi connectivity index (χ0v) is 13.6. The number of benzene rings is 2.